The van der Waals surface area contributed by atoms with Gasteiger partial charge in [-0.2, -0.15) is 5.10 Å². The summed E-state index contributed by atoms with van der Waals surface area (Å²) >= 11 is 0. The molecule has 0 aliphatic carbocycles. The van der Waals surface area contributed by atoms with Crippen molar-refractivity contribution in [3.05, 3.63) is 18.0 Å². The zero-order valence-corrected chi connectivity index (χ0v) is 6.64. The van der Waals surface area contributed by atoms with E-state index in [0.29, 0.717) is 0 Å². The number of aliphatic hydroxyl groups is 1. The van der Waals surface area contributed by atoms with Crippen LogP contribution in [0.3, 0.4) is 0 Å². The summed E-state index contributed by atoms with van der Waals surface area (Å²) in [4.78, 5) is 10.6. The fourth-order valence-corrected chi connectivity index (χ4v) is 0.912. The Bertz CT molecular complexity index is 282. The highest BCUT2D eigenvalue weighted by atomic mass is 16.4. The SMILES string of the molecule is C[C@H](CO)n1nccc1C(=O)O. The zero-order chi connectivity index (χ0) is 9.14. The average molecular weight is 170 g/mol. The Labute approximate surface area is 69.2 Å². The summed E-state index contributed by atoms with van der Waals surface area (Å²) in [6.45, 7) is 1.57. The summed E-state index contributed by atoms with van der Waals surface area (Å²) in [7, 11) is 0. The zero-order valence-electron chi connectivity index (χ0n) is 6.64. The number of carbonyl (C=O) groups is 1. The van der Waals surface area contributed by atoms with E-state index in [1.54, 1.807) is 6.92 Å². The van der Waals surface area contributed by atoms with E-state index in [-0.39, 0.29) is 18.3 Å². The molecule has 0 saturated heterocycles. The second-order valence-electron chi connectivity index (χ2n) is 2.50. The van der Waals surface area contributed by atoms with Crippen LogP contribution in [0.4, 0.5) is 0 Å². The van der Waals surface area contributed by atoms with E-state index >= 15 is 0 Å². The molecule has 1 heterocycles. The van der Waals surface area contributed by atoms with Crippen LogP contribution in [0.15, 0.2) is 12.3 Å². The average Bonchev–Trinajstić information content (AvgIpc) is 2.50. The van der Waals surface area contributed by atoms with Gasteiger partial charge < -0.3 is 10.2 Å². The number of aliphatic hydroxyl groups excluding tert-OH is 1. The molecule has 0 bridgehead atoms. The van der Waals surface area contributed by atoms with Gasteiger partial charge in [0.05, 0.1) is 12.6 Å². The van der Waals surface area contributed by atoms with E-state index in [4.69, 9.17) is 10.2 Å². The molecule has 5 heteroatoms. The van der Waals surface area contributed by atoms with Crippen LogP contribution in [-0.4, -0.2) is 32.6 Å². The van der Waals surface area contributed by atoms with Gasteiger partial charge in [0.2, 0.25) is 0 Å². The standard InChI is InChI=1S/C7H10N2O3/c1-5(4-10)9-6(7(11)12)2-3-8-9/h2-3,5,10H,4H2,1H3,(H,11,12)/t5-/m1/s1. The Hall–Kier alpha value is -1.36. The second-order valence-corrected chi connectivity index (χ2v) is 2.50. The van der Waals surface area contributed by atoms with Crippen LogP contribution in [0.5, 0.6) is 0 Å². The minimum absolute atomic E-state index is 0.0940. The van der Waals surface area contributed by atoms with Crippen molar-refractivity contribution < 1.29 is 15.0 Å². The van der Waals surface area contributed by atoms with Gasteiger partial charge in [-0.05, 0) is 13.0 Å². The lowest BCUT2D eigenvalue weighted by atomic mass is 10.3. The highest BCUT2D eigenvalue weighted by molar-refractivity contribution is 5.85. The van der Waals surface area contributed by atoms with E-state index < -0.39 is 5.97 Å². The van der Waals surface area contributed by atoms with Crippen molar-refractivity contribution in [2.45, 2.75) is 13.0 Å². The number of carboxylic acid groups (broad SMARTS) is 1. The smallest absolute Gasteiger partial charge is 0.354 e. The highest BCUT2D eigenvalue weighted by Crippen LogP contribution is 2.07. The first-order valence-corrected chi connectivity index (χ1v) is 3.54. The van der Waals surface area contributed by atoms with Gasteiger partial charge in [0.25, 0.3) is 0 Å². The first-order valence-electron chi connectivity index (χ1n) is 3.54. The Morgan fingerprint density at radius 1 is 1.83 bits per heavy atom. The number of hydrogen-bond donors (Lipinski definition) is 2. The van der Waals surface area contributed by atoms with Gasteiger partial charge in [-0.1, -0.05) is 0 Å². The van der Waals surface area contributed by atoms with Crippen LogP contribution in [0, 0.1) is 0 Å². The Balaban J connectivity index is 2.98. The molecule has 2 N–H and O–H groups in total. The molecule has 1 aromatic rings. The van der Waals surface area contributed by atoms with Gasteiger partial charge >= 0.3 is 5.97 Å². The van der Waals surface area contributed by atoms with E-state index in [9.17, 15) is 4.79 Å². The number of nitrogens with zero attached hydrogens (tertiary/aromatic N) is 2. The number of aromatic carboxylic acids is 1. The minimum atomic E-state index is -1.03. The van der Waals surface area contributed by atoms with Crippen LogP contribution in [0.2, 0.25) is 0 Å². The van der Waals surface area contributed by atoms with Crippen LogP contribution in [-0.2, 0) is 0 Å². The first-order chi connectivity index (χ1) is 5.66. The lowest BCUT2D eigenvalue weighted by Crippen LogP contribution is -2.16. The summed E-state index contributed by atoms with van der Waals surface area (Å²) in [5.74, 6) is -1.03. The van der Waals surface area contributed by atoms with Crippen molar-refractivity contribution in [1.29, 1.82) is 0 Å². The first kappa shape index (κ1) is 8.73. The largest absolute Gasteiger partial charge is 0.477 e. The minimum Gasteiger partial charge on any atom is -0.477 e. The molecule has 5 nitrogen and oxygen atoms in total. The lowest BCUT2D eigenvalue weighted by molar-refractivity contribution is 0.0677. The fraction of sp³-hybridized carbons (Fsp3) is 0.429. The maximum absolute atomic E-state index is 10.6. The molecule has 0 spiro atoms. The van der Waals surface area contributed by atoms with E-state index in [1.807, 2.05) is 0 Å². The molecule has 12 heavy (non-hydrogen) atoms. The summed E-state index contributed by atoms with van der Waals surface area (Å²) in [5, 5.41) is 21.2. The highest BCUT2D eigenvalue weighted by Gasteiger charge is 2.13. The van der Waals surface area contributed by atoms with Crippen molar-refractivity contribution >= 4 is 5.97 Å². The fourth-order valence-electron chi connectivity index (χ4n) is 0.912. The third-order valence-corrected chi connectivity index (χ3v) is 1.57. The Morgan fingerprint density at radius 3 is 3.00 bits per heavy atom. The van der Waals surface area contributed by atoms with Gasteiger partial charge in [0.15, 0.2) is 0 Å². The van der Waals surface area contributed by atoms with Crippen molar-refractivity contribution in [3.8, 4) is 0 Å². The normalized spacial score (nSPS) is 12.8. The number of rotatable bonds is 3. The lowest BCUT2D eigenvalue weighted by Gasteiger charge is -2.09. The maximum Gasteiger partial charge on any atom is 0.354 e. The summed E-state index contributed by atoms with van der Waals surface area (Å²) in [6.07, 6.45) is 1.40. The molecule has 0 aromatic carbocycles. The molecular weight excluding hydrogens is 160 g/mol. The molecular formula is C7H10N2O3. The Kier molecular flexibility index (Phi) is 2.44. The maximum atomic E-state index is 10.6. The summed E-state index contributed by atoms with van der Waals surface area (Å²) in [5.41, 5.74) is 0.0940. The number of carboxylic acids is 1. The van der Waals surface area contributed by atoms with Gasteiger partial charge in [-0.3, -0.25) is 4.68 Å². The molecule has 0 unspecified atom stereocenters. The summed E-state index contributed by atoms with van der Waals surface area (Å²) < 4.78 is 1.28. The predicted molar refractivity (Wildman–Crippen MR) is 41.0 cm³/mol. The number of hydrogen-bond acceptors (Lipinski definition) is 3. The van der Waals surface area contributed by atoms with Crippen molar-refractivity contribution in [1.82, 2.24) is 9.78 Å². The van der Waals surface area contributed by atoms with Crippen LogP contribution in [0.1, 0.15) is 23.5 Å². The molecule has 0 aliphatic rings. The van der Waals surface area contributed by atoms with E-state index in [0.717, 1.165) is 0 Å². The van der Waals surface area contributed by atoms with Crippen molar-refractivity contribution in [2.75, 3.05) is 6.61 Å². The third-order valence-electron chi connectivity index (χ3n) is 1.57. The molecule has 1 rings (SSSR count). The van der Waals surface area contributed by atoms with Gasteiger partial charge in [-0.25, -0.2) is 4.79 Å². The van der Waals surface area contributed by atoms with E-state index in [1.165, 1.54) is 16.9 Å². The molecule has 0 aliphatic heterocycles. The molecule has 0 amide bonds. The van der Waals surface area contributed by atoms with Gasteiger partial charge in [0, 0.05) is 6.20 Å². The molecule has 1 aromatic heterocycles. The van der Waals surface area contributed by atoms with Gasteiger partial charge in [-0.15, -0.1) is 0 Å². The van der Waals surface area contributed by atoms with Crippen LogP contribution < -0.4 is 0 Å². The third kappa shape index (κ3) is 1.45. The molecule has 0 radical (unpaired) electrons. The van der Waals surface area contributed by atoms with Crippen molar-refractivity contribution in [2.24, 2.45) is 0 Å². The predicted octanol–water partition coefficient (Wildman–Crippen LogP) is 0.135. The van der Waals surface area contributed by atoms with Crippen molar-refractivity contribution in [3.63, 3.8) is 0 Å². The second kappa shape index (κ2) is 3.36. The quantitative estimate of drug-likeness (QED) is 0.676. The van der Waals surface area contributed by atoms with Crippen LogP contribution >= 0.6 is 0 Å². The molecule has 0 saturated carbocycles. The Morgan fingerprint density at radius 2 is 2.50 bits per heavy atom. The monoisotopic (exact) mass is 170 g/mol. The molecule has 1 atom stereocenters. The van der Waals surface area contributed by atoms with Gasteiger partial charge in [0.1, 0.15) is 5.69 Å². The van der Waals surface area contributed by atoms with E-state index in [2.05, 4.69) is 5.10 Å². The summed E-state index contributed by atoms with van der Waals surface area (Å²) in [6, 6.07) is 1.10. The number of aromatic nitrogens is 2. The topological polar surface area (TPSA) is 75.3 Å². The molecule has 0 fully saturated rings. The molecule has 66 valence electrons. The van der Waals surface area contributed by atoms with Crippen LogP contribution in [0.25, 0.3) is 0 Å².